The van der Waals surface area contributed by atoms with Crippen LogP contribution in [0.2, 0.25) is 0 Å². The first-order chi connectivity index (χ1) is 19.9. The molecule has 0 aliphatic carbocycles. The molecule has 0 bridgehead atoms. The first-order valence-corrected chi connectivity index (χ1v) is 13.0. The van der Waals surface area contributed by atoms with Crippen molar-refractivity contribution in [2.75, 3.05) is 6.61 Å². The predicted octanol–water partition coefficient (Wildman–Crippen LogP) is 4.36. The minimum atomic E-state index is -1.25. The first kappa shape index (κ1) is 27.5. The number of esters is 3. The van der Waals surface area contributed by atoms with Gasteiger partial charge in [0.15, 0.2) is 18.4 Å². The van der Waals surface area contributed by atoms with Crippen molar-refractivity contribution in [3.8, 4) is 0 Å². The zero-order chi connectivity index (χ0) is 28.8. The molecule has 5 rings (SSSR count). The second-order valence-electron chi connectivity index (χ2n) is 9.45. The van der Waals surface area contributed by atoms with E-state index in [1.165, 1.54) is 10.6 Å². The highest BCUT2D eigenvalue weighted by atomic mass is 16.7. The number of hydrogen-bond donors (Lipinski definition) is 0. The third-order valence-corrected chi connectivity index (χ3v) is 6.54. The Hall–Kier alpha value is -5.02. The van der Waals surface area contributed by atoms with E-state index in [0.29, 0.717) is 5.56 Å². The summed E-state index contributed by atoms with van der Waals surface area (Å²) in [6.07, 6.45) is -3.16. The highest BCUT2D eigenvalue weighted by molar-refractivity contribution is 5.91. The van der Waals surface area contributed by atoms with Crippen LogP contribution in [-0.2, 0) is 18.9 Å². The second-order valence-corrected chi connectivity index (χ2v) is 9.45. The lowest BCUT2D eigenvalue weighted by molar-refractivity contribution is -0.0635. The number of ether oxygens (including phenoxy) is 4. The zero-order valence-corrected chi connectivity index (χ0v) is 22.1. The van der Waals surface area contributed by atoms with Crippen LogP contribution >= 0.6 is 0 Å². The van der Waals surface area contributed by atoms with E-state index in [0.717, 1.165) is 5.56 Å². The van der Waals surface area contributed by atoms with E-state index in [9.17, 15) is 19.2 Å². The third kappa shape index (κ3) is 6.42. The van der Waals surface area contributed by atoms with Crippen molar-refractivity contribution in [1.29, 1.82) is 0 Å². The average Bonchev–Trinajstić information content (AvgIpc) is 3.34. The van der Waals surface area contributed by atoms with Gasteiger partial charge in [0.1, 0.15) is 12.7 Å². The standard InChI is InChI=1S/C32H27NO8/c1-21-17-18-26(34)33(19-21)29-28(41-32(37)24-15-9-4-10-16-24)27(40-31(36)23-13-7-3-8-14-23)25(39-29)20-38-30(35)22-11-5-2-6-12-22/h2-19,25,27-29H,20H2,1H3/t25-,27-,28-,29-/m1/s1. The van der Waals surface area contributed by atoms with E-state index >= 15 is 0 Å². The van der Waals surface area contributed by atoms with Gasteiger partial charge in [-0.3, -0.25) is 9.36 Å². The van der Waals surface area contributed by atoms with Crippen molar-refractivity contribution in [2.24, 2.45) is 0 Å². The number of aryl methyl sites for hydroxylation is 1. The van der Waals surface area contributed by atoms with Gasteiger partial charge >= 0.3 is 17.9 Å². The molecule has 3 aromatic carbocycles. The van der Waals surface area contributed by atoms with E-state index in [2.05, 4.69) is 0 Å². The first-order valence-electron chi connectivity index (χ1n) is 13.0. The summed E-state index contributed by atoms with van der Waals surface area (Å²) in [5.74, 6) is -2.01. The highest BCUT2D eigenvalue weighted by Crippen LogP contribution is 2.35. The molecule has 208 valence electrons. The Morgan fingerprint density at radius 2 is 1.17 bits per heavy atom. The molecule has 0 radical (unpaired) electrons. The van der Waals surface area contributed by atoms with Crippen molar-refractivity contribution in [3.63, 3.8) is 0 Å². The smallest absolute Gasteiger partial charge is 0.338 e. The van der Waals surface area contributed by atoms with Crippen LogP contribution in [0.15, 0.2) is 114 Å². The van der Waals surface area contributed by atoms with Gasteiger partial charge in [-0.1, -0.05) is 60.7 Å². The molecule has 4 atom stereocenters. The maximum absolute atomic E-state index is 13.2. The normalized spacial score (nSPS) is 19.7. The monoisotopic (exact) mass is 553 g/mol. The lowest BCUT2D eigenvalue weighted by Crippen LogP contribution is -2.42. The summed E-state index contributed by atoms with van der Waals surface area (Å²) in [5.41, 5.74) is 1.17. The number of benzene rings is 3. The highest BCUT2D eigenvalue weighted by Gasteiger charge is 2.51. The van der Waals surface area contributed by atoms with Crippen LogP contribution in [0.5, 0.6) is 0 Å². The molecule has 4 aromatic rings. The van der Waals surface area contributed by atoms with E-state index in [4.69, 9.17) is 18.9 Å². The number of pyridine rings is 1. The molecule has 1 saturated heterocycles. The maximum Gasteiger partial charge on any atom is 0.338 e. The lowest BCUT2D eigenvalue weighted by atomic mass is 10.1. The molecule has 0 unspecified atom stereocenters. The fourth-order valence-electron chi connectivity index (χ4n) is 4.49. The number of carbonyl (C=O) groups excluding carboxylic acids is 3. The van der Waals surface area contributed by atoms with Crippen LogP contribution in [0.1, 0.15) is 42.9 Å². The molecule has 2 heterocycles. The van der Waals surface area contributed by atoms with Crippen molar-refractivity contribution in [2.45, 2.75) is 31.5 Å². The van der Waals surface area contributed by atoms with E-state index in [1.54, 1.807) is 110 Å². The molecular formula is C32H27NO8. The SMILES string of the molecule is Cc1ccc(=O)n([C@@H]2O[C@H](COC(=O)c3ccccc3)[C@@H](OC(=O)c3ccccc3)[C@H]2OC(=O)c2ccccc2)c1. The van der Waals surface area contributed by atoms with Crippen molar-refractivity contribution < 1.29 is 33.3 Å². The molecule has 0 spiro atoms. The van der Waals surface area contributed by atoms with E-state index in [1.807, 2.05) is 0 Å². The number of rotatable bonds is 8. The summed E-state index contributed by atoms with van der Waals surface area (Å²) in [6.45, 7) is 1.46. The summed E-state index contributed by atoms with van der Waals surface area (Å²) < 4.78 is 24.8. The van der Waals surface area contributed by atoms with Crippen molar-refractivity contribution in [1.82, 2.24) is 4.57 Å². The van der Waals surface area contributed by atoms with Gasteiger partial charge in [0.05, 0.1) is 16.7 Å². The van der Waals surface area contributed by atoms with Gasteiger partial charge in [-0.2, -0.15) is 0 Å². The van der Waals surface area contributed by atoms with Crippen LogP contribution in [0, 0.1) is 6.92 Å². The molecule has 9 heteroatoms. The van der Waals surface area contributed by atoms with Gasteiger partial charge in [-0.05, 0) is 48.9 Å². The number of aromatic nitrogens is 1. The molecular weight excluding hydrogens is 526 g/mol. The van der Waals surface area contributed by atoms with Gasteiger partial charge in [0, 0.05) is 12.3 Å². The van der Waals surface area contributed by atoms with Crippen molar-refractivity contribution >= 4 is 17.9 Å². The molecule has 0 saturated carbocycles. The minimum absolute atomic E-state index is 0.259. The number of hydrogen-bond acceptors (Lipinski definition) is 8. The van der Waals surface area contributed by atoms with Gasteiger partial charge < -0.3 is 18.9 Å². The zero-order valence-electron chi connectivity index (χ0n) is 22.1. The van der Waals surface area contributed by atoms with E-state index in [-0.39, 0.29) is 17.7 Å². The van der Waals surface area contributed by atoms with Crippen LogP contribution in [0.3, 0.4) is 0 Å². The Bertz CT molecular complexity index is 1570. The molecule has 0 amide bonds. The van der Waals surface area contributed by atoms with Gasteiger partial charge in [-0.15, -0.1) is 0 Å². The average molecular weight is 554 g/mol. The Labute approximate surface area is 235 Å². The quantitative estimate of drug-likeness (QED) is 0.234. The summed E-state index contributed by atoms with van der Waals surface area (Å²) in [5, 5.41) is 0. The van der Waals surface area contributed by atoms with Gasteiger partial charge in [0.25, 0.3) is 5.56 Å². The second kappa shape index (κ2) is 12.4. The molecule has 1 aliphatic rings. The summed E-state index contributed by atoms with van der Waals surface area (Å²) in [6, 6.07) is 27.9. The van der Waals surface area contributed by atoms with Crippen LogP contribution in [0.25, 0.3) is 0 Å². The third-order valence-electron chi connectivity index (χ3n) is 6.54. The van der Waals surface area contributed by atoms with Crippen LogP contribution < -0.4 is 5.56 Å². The number of nitrogens with zero attached hydrogens (tertiary/aromatic N) is 1. The largest absolute Gasteiger partial charge is 0.459 e. The summed E-state index contributed by atoms with van der Waals surface area (Å²) in [4.78, 5) is 52.0. The van der Waals surface area contributed by atoms with Gasteiger partial charge in [0.2, 0.25) is 0 Å². The Balaban J connectivity index is 1.50. The number of carbonyl (C=O) groups is 3. The maximum atomic E-state index is 13.2. The molecule has 1 aliphatic heterocycles. The fraction of sp³-hybridized carbons (Fsp3) is 0.188. The lowest BCUT2D eigenvalue weighted by Gasteiger charge is -2.25. The van der Waals surface area contributed by atoms with Crippen LogP contribution in [0.4, 0.5) is 0 Å². The van der Waals surface area contributed by atoms with Crippen LogP contribution in [-0.4, -0.2) is 47.4 Å². The Morgan fingerprint density at radius 1 is 0.683 bits per heavy atom. The summed E-state index contributed by atoms with van der Waals surface area (Å²) >= 11 is 0. The Morgan fingerprint density at radius 3 is 1.71 bits per heavy atom. The molecule has 1 fully saturated rings. The van der Waals surface area contributed by atoms with E-state index < -0.39 is 48.0 Å². The van der Waals surface area contributed by atoms with Crippen molar-refractivity contribution in [3.05, 3.63) is 142 Å². The molecule has 41 heavy (non-hydrogen) atoms. The summed E-state index contributed by atoms with van der Waals surface area (Å²) in [7, 11) is 0. The topological polar surface area (TPSA) is 110 Å². The minimum Gasteiger partial charge on any atom is -0.459 e. The molecule has 0 N–H and O–H groups in total. The predicted molar refractivity (Wildman–Crippen MR) is 147 cm³/mol. The molecule has 9 nitrogen and oxygen atoms in total. The fourth-order valence-corrected chi connectivity index (χ4v) is 4.49. The van der Waals surface area contributed by atoms with Gasteiger partial charge in [-0.25, -0.2) is 14.4 Å². The Kier molecular flexibility index (Phi) is 8.36. The molecule has 1 aromatic heterocycles.